The standard InChI is InChI=1S/C23H21N3O5/c27-21-10-7-15-12-16(8-9-19(15)25-21)31-14-22(28)26-20-6-2-1-5-18(20)23(29)24-13-17-4-3-11-30-17/h1-6,8-9,11-12H,7,10,13-14H2,(H,24,29)(H,25,27)(H,26,28). The van der Waals surface area contributed by atoms with Crippen LogP contribution < -0.4 is 20.7 Å². The predicted octanol–water partition coefficient (Wildman–Crippen LogP) is 3.11. The van der Waals surface area contributed by atoms with Gasteiger partial charge in [-0.1, -0.05) is 12.1 Å². The van der Waals surface area contributed by atoms with Crippen LogP contribution in [0.2, 0.25) is 0 Å². The van der Waals surface area contributed by atoms with E-state index in [4.69, 9.17) is 9.15 Å². The summed E-state index contributed by atoms with van der Waals surface area (Å²) in [7, 11) is 0. The molecule has 2 heterocycles. The van der Waals surface area contributed by atoms with Crippen LogP contribution in [0.15, 0.2) is 65.3 Å². The van der Waals surface area contributed by atoms with E-state index in [1.54, 1.807) is 48.5 Å². The van der Waals surface area contributed by atoms with E-state index in [0.29, 0.717) is 35.6 Å². The van der Waals surface area contributed by atoms with Crippen LogP contribution in [-0.4, -0.2) is 24.3 Å². The maximum atomic E-state index is 12.5. The first-order valence-electron chi connectivity index (χ1n) is 9.83. The molecule has 0 atom stereocenters. The maximum Gasteiger partial charge on any atom is 0.262 e. The number of aryl methyl sites for hydroxylation is 1. The van der Waals surface area contributed by atoms with E-state index in [1.807, 2.05) is 6.07 Å². The second-order valence-electron chi connectivity index (χ2n) is 7.01. The maximum absolute atomic E-state index is 12.5. The number of hydrogen-bond donors (Lipinski definition) is 3. The molecule has 0 bridgehead atoms. The summed E-state index contributed by atoms with van der Waals surface area (Å²) in [5, 5.41) is 8.28. The molecule has 0 saturated carbocycles. The van der Waals surface area contributed by atoms with Crippen LogP contribution in [0, 0.1) is 0 Å². The number of para-hydroxylation sites is 1. The Morgan fingerprint density at radius 3 is 2.77 bits per heavy atom. The van der Waals surface area contributed by atoms with Crippen molar-refractivity contribution in [1.82, 2.24) is 5.32 Å². The molecule has 8 heteroatoms. The fourth-order valence-electron chi connectivity index (χ4n) is 3.25. The highest BCUT2D eigenvalue weighted by Crippen LogP contribution is 2.26. The van der Waals surface area contributed by atoms with Crippen molar-refractivity contribution in [1.29, 1.82) is 0 Å². The second-order valence-corrected chi connectivity index (χ2v) is 7.01. The Hall–Kier alpha value is -4.07. The monoisotopic (exact) mass is 419 g/mol. The van der Waals surface area contributed by atoms with Crippen molar-refractivity contribution in [2.45, 2.75) is 19.4 Å². The summed E-state index contributed by atoms with van der Waals surface area (Å²) in [5.74, 6) is 0.442. The second kappa shape index (κ2) is 9.17. The van der Waals surface area contributed by atoms with E-state index < -0.39 is 5.91 Å². The summed E-state index contributed by atoms with van der Waals surface area (Å²) < 4.78 is 10.8. The summed E-state index contributed by atoms with van der Waals surface area (Å²) >= 11 is 0. The zero-order valence-corrected chi connectivity index (χ0v) is 16.6. The summed E-state index contributed by atoms with van der Waals surface area (Å²) in [4.78, 5) is 36.4. The zero-order valence-electron chi connectivity index (χ0n) is 16.6. The van der Waals surface area contributed by atoms with E-state index >= 15 is 0 Å². The molecule has 0 radical (unpaired) electrons. The lowest BCUT2D eigenvalue weighted by molar-refractivity contribution is -0.118. The van der Waals surface area contributed by atoms with Gasteiger partial charge in [0.2, 0.25) is 5.91 Å². The van der Waals surface area contributed by atoms with Crippen LogP contribution >= 0.6 is 0 Å². The van der Waals surface area contributed by atoms with E-state index in [0.717, 1.165) is 11.3 Å². The molecule has 4 rings (SSSR count). The molecular formula is C23H21N3O5. The van der Waals surface area contributed by atoms with E-state index in [1.165, 1.54) is 6.26 Å². The van der Waals surface area contributed by atoms with Gasteiger partial charge in [-0.3, -0.25) is 14.4 Å². The molecule has 2 aromatic carbocycles. The zero-order chi connectivity index (χ0) is 21.6. The molecule has 1 aromatic heterocycles. The molecule has 8 nitrogen and oxygen atoms in total. The highest BCUT2D eigenvalue weighted by atomic mass is 16.5. The van der Waals surface area contributed by atoms with Crippen LogP contribution in [0.4, 0.5) is 11.4 Å². The minimum absolute atomic E-state index is 0.00703. The lowest BCUT2D eigenvalue weighted by Gasteiger charge is -2.17. The Balaban J connectivity index is 1.34. The van der Waals surface area contributed by atoms with Crippen molar-refractivity contribution < 1.29 is 23.5 Å². The number of rotatable bonds is 7. The van der Waals surface area contributed by atoms with Gasteiger partial charge in [0.25, 0.3) is 11.8 Å². The highest BCUT2D eigenvalue weighted by molar-refractivity contribution is 6.04. The molecule has 0 saturated heterocycles. The highest BCUT2D eigenvalue weighted by Gasteiger charge is 2.16. The fraction of sp³-hybridized carbons (Fsp3) is 0.174. The third-order valence-electron chi connectivity index (χ3n) is 4.79. The number of benzene rings is 2. The van der Waals surface area contributed by atoms with Crippen molar-refractivity contribution in [2.24, 2.45) is 0 Å². The molecule has 1 aliphatic rings. The van der Waals surface area contributed by atoms with Gasteiger partial charge in [-0.25, -0.2) is 0 Å². The van der Waals surface area contributed by atoms with Crippen molar-refractivity contribution in [2.75, 3.05) is 17.2 Å². The number of furan rings is 1. The summed E-state index contributed by atoms with van der Waals surface area (Å²) in [6.45, 7) is 0.0313. The van der Waals surface area contributed by atoms with Crippen LogP contribution in [0.25, 0.3) is 0 Å². The molecule has 3 aromatic rings. The number of ether oxygens (including phenoxy) is 1. The van der Waals surface area contributed by atoms with Crippen LogP contribution in [0.5, 0.6) is 5.75 Å². The molecule has 0 spiro atoms. The Kier molecular flexibility index (Phi) is 5.98. The first-order valence-corrected chi connectivity index (χ1v) is 9.83. The summed E-state index contributed by atoms with van der Waals surface area (Å²) in [6.07, 6.45) is 2.59. The van der Waals surface area contributed by atoms with E-state index in [-0.39, 0.29) is 25.0 Å². The van der Waals surface area contributed by atoms with Crippen molar-refractivity contribution >= 4 is 29.1 Å². The Morgan fingerprint density at radius 2 is 1.94 bits per heavy atom. The molecule has 3 amide bonds. The van der Waals surface area contributed by atoms with Gasteiger partial charge in [-0.2, -0.15) is 0 Å². The molecule has 1 aliphatic heterocycles. The lowest BCUT2D eigenvalue weighted by atomic mass is 10.0. The number of amides is 3. The molecule has 31 heavy (non-hydrogen) atoms. The molecule has 0 aliphatic carbocycles. The Labute approximate surface area is 178 Å². The topological polar surface area (TPSA) is 110 Å². The number of fused-ring (bicyclic) bond motifs is 1. The first-order chi connectivity index (χ1) is 15.1. The number of carbonyl (C=O) groups excluding carboxylic acids is 3. The normalized spacial score (nSPS) is 12.5. The van der Waals surface area contributed by atoms with Gasteiger partial charge in [-0.15, -0.1) is 0 Å². The third-order valence-corrected chi connectivity index (χ3v) is 4.79. The van der Waals surface area contributed by atoms with Gasteiger partial charge < -0.3 is 25.1 Å². The lowest BCUT2D eigenvalue weighted by Crippen LogP contribution is -2.26. The van der Waals surface area contributed by atoms with Crippen LogP contribution in [0.3, 0.4) is 0 Å². The van der Waals surface area contributed by atoms with Crippen molar-refractivity contribution in [3.05, 3.63) is 77.7 Å². The minimum Gasteiger partial charge on any atom is -0.484 e. The van der Waals surface area contributed by atoms with Crippen molar-refractivity contribution in [3.8, 4) is 5.75 Å². The Bertz CT molecular complexity index is 1110. The van der Waals surface area contributed by atoms with E-state index in [2.05, 4.69) is 16.0 Å². The molecule has 3 N–H and O–H groups in total. The van der Waals surface area contributed by atoms with Crippen LogP contribution in [-0.2, 0) is 22.6 Å². The summed E-state index contributed by atoms with van der Waals surface area (Å²) in [6, 6.07) is 15.5. The van der Waals surface area contributed by atoms with Gasteiger partial charge >= 0.3 is 0 Å². The first kappa shape index (κ1) is 20.2. The van der Waals surface area contributed by atoms with Crippen molar-refractivity contribution in [3.63, 3.8) is 0 Å². The van der Waals surface area contributed by atoms with Gasteiger partial charge in [0, 0.05) is 12.1 Å². The predicted molar refractivity (Wildman–Crippen MR) is 114 cm³/mol. The largest absolute Gasteiger partial charge is 0.484 e. The van der Waals surface area contributed by atoms with E-state index in [9.17, 15) is 14.4 Å². The quantitative estimate of drug-likeness (QED) is 0.545. The van der Waals surface area contributed by atoms with Gasteiger partial charge in [-0.05, 0) is 54.4 Å². The number of hydrogen-bond acceptors (Lipinski definition) is 5. The number of anilines is 2. The van der Waals surface area contributed by atoms with Crippen LogP contribution in [0.1, 0.15) is 28.1 Å². The molecule has 0 unspecified atom stereocenters. The third kappa shape index (κ3) is 5.11. The van der Waals surface area contributed by atoms with Gasteiger partial charge in [0.15, 0.2) is 6.61 Å². The average molecular weight is 419 g/mol. The molecular weight excluding hydrogens is 398 g/mol. The summed E-state index contributed by atoms with van der Waals surface area (Å²) in [5.41, 5.74) is 2.46. The molecule has 0 fully saturated rings. The average Bonchev–Trinajstić information content (AvgIpc) is 3.30. The molecule has 158 valence electrons. The SMILES string of the molecule is O=C1CCc2cc(OCC(=O)Nc3ccccc3C(=O)NCc3ccco3)ccc2N1. The smallest absolute Gasteiger partial charge is 0.262 e. The van der Waals surface area contributed by atoms with Gasteiger partial charge in [0.1, 0.15) is 11.5 Å². The minimum atomic E-state index is -0.391. The number of nitrogens with one attached hydrogen (secondary N) is 3. The fourth-order valence-corrected chi connectivity index (χ4v) is 3.25. The van der Waals surface area contributed by atoms with Gasteiger partial charge in [0.05, 0.1) is 24.1 Å². The Morgan fingerprint density at radius 1 is 1.06 bits per heavy atom. The number of carbonyl (C=O) groups is 3.